The van der Waals surface area contributed by atoms with E-state index >= 15 is 4.39 Å². The van der Waals surface area contributed by atoms with E-state index in [0.717, 1.165) is 45.0 Å². The molecule has 2 aliphatic rings. The average molecular weight is 959 g/mol. The summed E-state index contributed by atoms with van der Waals surface area (Å²) in [6, 6.07) is 35.2. The lowest BCUT2D eigenvalue weighted by Gasteiger charge is -2.39. The maximum atomic E-state index is 16.1. The van der Waals surface area contributed by atoms with Gasteiger partial charge in [0.2, 0.25) is 0 Å². The maximum absolute atomic E-state index is 16.1. The molecule has 15 heteroatoms. The Morgan fingerprint density at radius 3 is 1.50 bits per heavy atom. The maximum Gasteiger partial charge on any atom is 0.174 e. The first-order chi connectivity index (χ1) is 33.1. The zero-order chi connectivity index (χ0) is 47.7. The number of hydrogen-bond donors (Lipinski definition) is 2. The van der Waals surface area contributed by atoms with Gasteiger partial charge >= 0.3 is 0 Å². The molecular formula is C53H55FN4O8S2. The molecule has 0 aliphatic carbocycles. The van der Waals surface area contributed by atoms with Crippen molar-refractivity contribution in [3.63, 3.8) is 0 Å². The fraction of sp³-hybridized carbons (Fsp3) is 0.283. The van der Waals surface area contributed by atoms with Gasteiger partial charge in [-0.05, 0) is 169 Å². The highest BCUT2D eigenvalue weighted by atomic mass is 32.1. The van der Waals surface area contributed by atoms with Crippen molar-refractivity contribution in [3.8, 4) is 46.0 Å². The Bertz CT molecular complexity index is 2740. The van der Waals surface area contributed by atoms with Crippen molar-refractivity contribution in [1.82, 2.24) is 9.80 Å². The van der Waals surface area contributed by atoms with E-state index in [1.165, 1.54) is 6.07 Å². The smallest absolute Gasteiger partial charge is 0.174 e. The molecule has 2 unspecified atom stereocenters. The Morgan fingerprint density at radius 1 is 0.544 bits per heavy atom. The van der Waals surface area contributed by atoms with E-state index in [1.54, 1.807) is 47.7 Å². The summed E-state index contributed by atoms with van der Waals surface area (Å²) in [5, 5.41) is 7.71. The molecule has 2 aliphatic heterocycles. The minimum Gasteiger partial charge on any atom is -0.497 e. The van der Waals surface area contributed by atoms with Crippen molar-refractivity contribution in [2.45, 2.75) is 38.5 Å². The molecule has 2 atom stereocenters. The van der Waals surface area contributed by atoms with Gasteiger partial charge in [0.15, 0.2) is 33.2 Å². The van der Waals surface area contributed by atoms with E-state index in [9.17, 15) is 0 Å². The summed E-state index contributed by atoms with van der Waals surface area (Å²) in [5.41, 5.74) is 7.00. The van der Waals surface area contributed by atoms with Crippen molar-refractivity contribution in [1.29, 1.82) is 0 Å². The number of benzene rings is 6. The third-order valence-corrected chi connectivity index (χ3v) is 12.9. The fourth-order valence-corrected chi connectivity index (χ4v) is 9.23. The Balaban J connectivity index is 0.993. The van der Waals surface area contributed by atoms with Gasteiger partial charge in [0.1, 0.15) is 48.6 Å². The Morgan fingerprint density at radius 2 is 1.01 bits per heavy atom. The topological polar surface area (TPSA) is 104 Å². The highest BCUT2D eigenvalue weighted by molar-refractivity contribution is 7.80. The lowest BCUT2D eigenvalue weighted by Crippen LogP contribution is -2.44. The summed E-state index contributed by atoms with van der Waals surface area (Å²) >= 11 is 12.1. The van der Waals surface area contributed by atoms with Gasteiger partial charge in [-0.25, -0.2) is 4.39 Å². The standard InChI is InChI=1S/C53H55FN4O8S2/c1-33-8-7-9-37(24-33)55-52(67)58-23-21-35-26-49(62-5)51(29-44(35)47(58)32-65-42-18-14-40(60-3)15-19-42)66-30-36-10-11-38(27-45(36)54)56-53(68)57-22-20-34-25-48(61-4)50(63-6)28-43(34)46(57)31-64-41-16-12-39(59-2)13-17-41/h7-19,24-29,46-47H,20-23,30-32H2,1-6H3,(H,55,67)(H,56,68). The minimum atomic E-state index is -0.459. The molecule has 0 saturated carbocycles. The molecule has 0 bridgehead atoms. The van der Waals surface area contributed by atoms with Crippen molar-refractivity contribution < 1.29 is 42.3 Å². The van der Waals surface area contributed by atoms with Crippen LogP contribution in [0, 0.1) is 12.7 Å². The third-order valence-electron chi connectivity index (χ3n) is 12.2. The zero-order valence-electron chi connectivity index (χ0n) is 38.9. The molecule has 8 rings (SSSR count). The number of rotatable bonds is 16. The number of ether oxygens (including phenoxy) is 8. The summed E-state index contributed by atoms with van der Waals surface area (Å²) in [6.45, 7) is 3.78. The minimum absolute atomic E-state index is 0.0608. The molecule has 68 heavy (non-hydrogen) atoms. The molecule has 2 N–H and O–H groups in total. The molecule has 0 aromatic heterocycles. The van der Waals surface area contributed by atoms with Crippen LogP contribution in [-0.2, 0) is 19.4 Å². The van der Waals surface area contributed by atoms with Gasteiger partial charge in [0.05, 0.1) is 47.6 Å². The van der Waals surface area contributed by atoms with Crippen LogP contribution in [0.1, 0.15) is 45.5 Å². The lowest BCUT2D eigenvalue weighted by atomic mass is 9.92. The van der Waals surface area contributed by atoms with Crippen LogP contribution in [0.4, 0.5) is 15.8 Å². The van der Waals surface area contributed by atoms with Crippen molar-refractivity contribution in [2.24, 2.45) is 0 Å². The van der Waals surface area contributed by atoms with Crippen LogP contribution in [-0.4, -0.2) is 81.9 Å². The summed E-state index contributed by atoms with van der Waals surface area (Å²) < 4.78 is 63.0. The van der Waals surface area contributed by atoms with Crippen LogP contribution in [0.3, 0.4) is 0 Å². The van der Waals surface area contributed by atoms with E-state index in [2.05, 4.69) is 26.5 Å². The molecule has 354 valence electrons. The Hall–Kier alpha value is -6.97. The molecular weight excluding hydrogens is 904 g/mol. The number of halogens is 1. The van der Waals surface area contributed by atoms with Gasteiger partial charge < -0.3 is 58.3 Å². The summed E-state index contributed by atoms with van der Waals surface area (Å²) in [7, 11) is 8.09. The fourth-order valence-electron chi connectivity index (χ4n) is 8.56. The Kier molecular flexibility index (Phi) is 15.2. The van der Waals surface area contributed by atoms with E-state index < -0.39 is 5.82 Å². The second-order valence-electron chi connectivity index (χ2n) is 16.3. The van der Waals surface area contributed by atoms with Crippen LogP contribution < -0.4 is 48.5 Å². The van der Waals surface area contributed by atoms with Crippen molar-refractivity contribution in [3.05, 3.63) is 154 Å². The summed E-state index contributed by atoms with van der Waals surface area (Å²) in [4.78, 5) is 4.20. The number of thiocarbonyl (C=S) groups is 2. The second-order valence-corrected chi connectivity index (χ2v) is 17.1. The first-order valence-corrected chi connectivity index (χ1v) is 23.0. The third kappa shape index (κ3) is 10.9. The second kappa shape index (κ2) is 21.8. The van der Waals surface area contributed by atoms with Gasteiger partial charge in [-0.1, -0.05) is 18.2 Å². The monoisotopic (exact) mass is 958 g/mol. The van der Waals surface area contributed by atoms with Crippen LogP contribution in [0.5, 0.6) is 46.0 Å². The SMILES string of the molecule is COc1ccc(OCC2c3cc(OC)c(OC)cc3CCN2C(=S)Nc2ccc(COc3cc4c(cc3OC)CCN(C(=S)Nc3cccc(C)c3)C4COc3ccc(OC)cc3)c(F)c2)cc1. The molecule has 0 fully saturated rings. The molecule has 6 aromatic carbocycles. The predicted molar refractivity (Wildman–Crippen MR) is 270 cm³/mol. The van der Waals surface area contributed by atoms with E-state index in [4.69, 9.17) is 62.3 Å². The summed E-state index contributed by atoms with van der Waals surface area (Å²) in [5.74, 6) is 4.64. The number of hydrogen-bond acceptors (Lipinski definition) is 10. The first-order valence-electron chi connectivity index (χ1n) is 22.2. The number of aryl methyl sites for hydroxylation is 1. The summed E-state index contributed by atoms with van der Waals surface area (Å²) in [6.07, 6.45) is 1.40. The largest absolute Gasteiger partial charge is 0.497 e. The van der Waals surface area contributed by atoms with Gasteiger partial charge in [0, 0.05) is 30.0 Å². The number of anilines is 2. The predicted octanol–water partition coefficient (Wildman–Crippen LogP) is 10.5. The highest BCUT2D eigenvalue weighted by Crippen LogP contribution is 2.41. The number of nitrogens with one attached hydrogen (secondary N) is 2. The molecule has 0 saturated heterocycles. The molecule has 0 radical (unpaired) electrons. The van der Waals surface area contributed by atoms with Crippen LogP contribution in [0.15, 0.2) is 115 Å². The van der Waals surface area contributed by atoms with Gasteiger partial charge in [0.25, 0.3) is 0 Å². The highest BCUT2D eigenvalue weighted by Gasteiger charge is 2.33. The van der Waals surface area contributed by atoms with Gasteiger partial charge in [-0.2, -0.15) is 0 Å². The average Bonchev–Trinajstić information content (AvgIpc) is 3.36. The van der Waals surface area contributed by atoms with Gasteiger partial charge in [-0.3, -0.25) is 0 Å². The normalized spacial score (nSPS) is 15.0. The van der Waals surface area contributed by atoms with Gasteiger partial charge in [-0.15, -0.1) is 0 Å². The molecule has 12 nitrogen and oxygen atoms in total. The quantitative estimate of drug-likeness (QED) is 0.0900. The van der Waals surface area contributed by atoms with Crippen molar-refractivity contribution in [2.75, 3.05) is 72.5 Å². The van der Waals surface area contributed by atoms with Crippen molar-refractivity contribution >= 4 is 46.0 Å². The number of nitrogens with zero attached hydrogens (tertiary/aromatic N) is 2. The molecule has 0 spiro atoms. The van der Waals surface area contributed by atoms with Crippen LogP contribution in [0.25, 0.3) is 0 Å². The van der Waals surface area contributed by atoms with E-state index in [1.807, 2.05) is 97.9 Å². The first kappa shape index (κ1) is 47.5. The zero-order valence-corrected chi connectivity index (χ0v) is 40.6. The number of methoxy groups -OCH3 is 5. The Labute approximate surface area is 407 Å². The molecule has 2 heterocycles. The molecule has 0 amide bonds. The van der Waals surface area contributed by atoms with Crippen LogP contribution in [0.2, 0.25) is 0 Å². The number of fused-ring (bicyclic) bond motifs is 2. The van der Waals surface area contributed by atoms with Crippen LogP contribution >= 0.6 is 24.4 Å². The molecule has 6 aromatic rings. The van der Waals surface area contributed by atoms with E-state index in [-0.39, 0.29) is 31.9 Å². The van der Waals surface area contributed by atoms with E-state index in [0.29, 0.717) is 81.9 Å². The lowest BCUT2D eigenvalue weighted by molar-refractivity contribution is 0.189.